The first-order valence-corrected chi connectivity index (χ1v) is 11.8. The molecule has 0 unspecified atom stereocenters. The second-order valence-electron chi connectivity index (χ2n) is 8.31. The van der Waals surface area contributed by atoms with Crippen molar-refractivity contribution >= 4 is 39.0 Å². The predicted octanol–water partition coefficient (Wildman–Crippen LogP) is 5.81. The first-order valence-electron chi connectivity index (χ1n) is 11.0. The van der Waals surface area contributed by atoms with Gasteiger partial charge in [-0.2, -0.15) is 13.2 Å². The molecule has 0 saturated heterocycles. The third-order valence-corrected chi connectivity index (χ3v) is 6.87. The van der Waals surface area contributed by atoms with Crippen LogP contribution in [-0.4, -0.2) is 20.4 Å². The van der Waals surface area contributed by atoms with E-state index >= 15 is 0 Å². The van der Waals surface area contributed by atoms with E-state index in [1.54, 1.807) is 25.3 Å². The Morgan fingerprint density at radius 2 is 1.83 bits per heavy atom. The van der Waals surface area contributed by atoms with Gasteiger partial charge in [-0.05, 0) is 61.7 Å². The summed E-state index contributed by atoms with van der Waals surface area (Å²) >= 11 is 1.38. The highest BCUT2D eigenvalue weighted by atomic mass is 32.1. The van der Waals surface area contributed by atoms with Crippen LogP contribution < -0.4 is 10.9 Å². The predicted molar refractivity (Wildman–Crippen MR) is 133 cm³/mol. The number of aryl methyl sites for hydroxylation is 1. The van der Waals surface area contributed by atoms with Crippen LogP contribution in [-0.2, 0) is 6.18 Å². The number of nitrogens with one attached hydrogen (secondary N) is 1. The van der Waals surface area contributed by atoms with Gasteiger partial charge in [0.1, 0.15) is 5.65 Å². The van der Waals surface area contributed by atoms with E-state index in [9.17, 15) is 22.8 Å². The van der Waals surface area contributed by atoms with Gasteiger partial charge >= 0.3 is 6.18 Å². The van der Waals surface area contributed by atoms with E-state index in [0.29, 0.717) is 21.9 Å². The Hall–Kier alpha value is -4.05. The Kier molecular flexibility index (Phi) is 5.83. The van der Waals surface area contributed by atoms with Gasteiger partial charge in [0.15, 0.2) is 0 Å². The molecule has 1 amide bonds. The monoisotopic (exact) mass is 508 g/mol. The molecule has 0 aliphatic rings. The molecule has 0 spiro atoms. The van der Waals surface area contributed by atoms with Crippen LogP contribution in [0.2, 0.25) is 0 Å². The van der Waals surface area contributed by atoms with Crippen molar-refractivity contribution < 1.29 is 18.0 Å². The average Bonchev–Trinajstić information content (AvgIpc) is 3.26. The van der Waals surface area contributed by atoms with Crippen LogP contribution in [0.4, 0.5) is 13.2 Å². The van der Waals surface area contributed by atoms with Crippen LogP contribution in [0.5, 0.6) is 0 Å². The molecule has 5 rings (SSSR count). The molecule has 1 atom stereocenters. The second kappa shape index (κ2) is 8.87. The van der Waals surface area contributed by atoms with Gasteiger partial charge in [-0.1, -0.05) is 6.07 Å². The number of aromatic nitrogens is 3. The van der Waals surface area contributed by atoms with Crippen molar-refractivity contribution in [3.8, 4) is 5.69 Å². The van der Waals surface area contributed by atoms with Gasteiger partial charge in [-0.3, -0.25) is 19.1 Å². The number of halogens is 3. The molecular weight excluding hydrogens is 489 g/mol. The molecular formula is C26H19F3N4O2S. The second-order valence-corrected chi connectivity index (χ2v) is 9.39. The number of amides is 1. The summed E-state index contributed by atoms with van der Waals surface area (Å²) in [7, 11) is 0. The summed E-state index contributed by atoms with van der Waals surface area (Å²) in [4.78, 5) is 35.9. The molecule has 0 fully saturated rings. The molecule has 5 aromatic rings. The highest BCUT2D eigenvalue weighted by Gasteiger charge is 2.30. The fourth-order valence-corrected chi connectivity index (χ4v) is 4.96. The third-order valence-electron chi connectivity index (χ3n) is 5.95. The smallest absolute Gasteiger partial charge is 0.344 e. The van der Waals surface area contributed by atoms with Crippen LogP contribution in [0.1, 0.15) is 39.5 Å². The molecule has 0 saturated carbocycles. The van der Waals surface area contributed by atoms with Crippen LogP contribution in [0.15, 0.2) is 71.1 Å². The Morgan fingerprint density at radius 1 is 1.08 bits per heavy atom. The first-order chi connectivity index (χ1) is 17.1. The molecule has 6 nitrogen and oxygen atoms in total. The molecule has 0 aliphatic carbocycles. The van der Waals surface area contributed by atoms with Crippen molar-refractivity contribution in [1.29, 1.82) is 0 Å². The lowest BCUT2D eigenvalue weighted by Crippen LogP contribution is -2.27. The molecule has 0 radical (unpaired) electrons. The summed E-state index contributed by atoms with van der Waals surface area (Å²) in [5, 5.41) is 6.35. The number of alkyl halides is 3. The standard InChI is InChI=1S/C26H19F3N4O2S/c1-14(21-5-3-4-10-30-21)32-24(34)16-11-19-20-13-36-15(2)22(20)25(35)33(23(19)31-12-16)18-8-6-17(7-9-18)26(27,28)29/h3-14H,1-2H3,(H,32,34)/t14-/m0/s1. The SMILES string of the molecule is Cc1scc2c1c(=O)n(-c1ccc(C(F)(F)F)cc1)c1ncc(C(=O)N[C@@H](C)c3ccccn3)cc21. The Morgan fingerprint density at radius 3 is 2.50 bits per heavy atom. The average molecular weight is 509 g/mol. The number of hydrogen-bond donors (Lipinski definition) is 1. The van der Waals surface area contributed by atoms with Crippen molar-refractivity contribution in [3.63, 3.8) is 0 Å². The van der Waals surface area contributed by atoms with Crippen LogP contribution in [0.25, 0.3) is 27.5 Å². The molecule has 36 heavy (non-hydrogen) atoms. The summed E-state index contributed by atoms with van der Waals surface area (Å²) in [6.07, 6.45) is -1.49. The molecule has 1 N–H and O–H groups in total. The van der Waals surface area contributed by atoms with Gasteiger partial charge in [0.05, 0.1) is 33.9 Å². The lowest BCUT2D eigenvalue weighted by atomic mass is 10.1. The highest BCUT2D eigenvalue weighted by Crippen LogP contribution is 2.32. The van der Waals surface area contributed by atoms with Crippen molar-refractivity contribution in [2.24, 2.45) is 0 Å². The number of rotatable bonds is 4. The maximum atomic E-state index is 13.4. The van der Waals surface area contributed by atoms with Gasteiger partial charge < -0.3 is 5.32 Å². The third kappa shape index (κ3) is 4.13. The zero-order chi connectivity index (χ0) is 25.6. The fourth-order valence-electron chi connectivity index (χ4n) is 4.11. The molecule has 0 aliphatic heterocycles. The van der Waals surface area contributed by atoms with E-state index in [4.69, 9.17) is 0 Å². The van der Waals surface area contributed by atoms with Gasteiger partial charge in [0, 0.05) is 28.0 Å². The maximum absolute atomic E-state index is 13.4. The van der Waals surface area contributed by atoms with Crippen molar-refractivity contribution in [3.05, 3.63) is 98.4 Å². The van der Waals surface area contributed by atoms with E-state index in [-0.39, 0.29) is 34.4 Å². The zero-order valence-electron chi connectivity index (χ0n) is 19.1. The van der Waals surface area contributed by atoms with Gasteiger partial charge in [-0.15, -0.1) is 11.3 Å². The molecule has 4 aromatic heterocycles. The molecule has 4 heterocycles. The van der Waals surface area contributed by atoms with E-state index in [1.807, 2.05) is 24.4 Å². The Bertz CT molecular complexity index is 1660. The van der Waals surface area contributed by atoms with E-state index in [1.165, 1.54) is 34.2 Å². The van der Waals surface area contributed by atoms with Crippen molar-refractivity contribution in [2.45, 2.75) is 26.1 Å². The van der Waals surface area contributed by atoms with Crippen LogP contribution in [0.3, 0.4) is 0 Å². The maximum Gasteiger partial charge on any atom is 0.416 e. The number of pyridine rings is 3. The minimum absolute atomic E-state index is 0.249. The van der Waals surface area contributed by atoms with Crippen LogP contribution in [0, 0.1) is 6.92 Å². The summed E-state index contributed by atoms with van der Waals surface area (Å²) in [5.74, 6) is -0.366. The highest BCUT2D eigenvalue weighted by molar-refractivity contribution is 7.11. The summed E-state index contributed by atoms with van der Waals surface area (Å²) in [6, 6.07) is 11.1. The first kappa shape index (κ1) is 23.7. The van der Waals surface area contributed by atoms with E-state index in [0.717, 1.165) is 17.0 Å². The number of hydrogen-bond acceptors (Lipinski definition) is 5. The van der Waals surface area contributed by atoms with E-state index in [2.05, 4.69) is 15.3 Å². The van der Waals surface area contributed by atoms with E-state index < -0.39 is 11.7 Å². The number of carbonyl (C=O) groups excluding carboxylic acids is 1. The normalized spacial score (nSPS) is 12.7. The number of carbonyl (C=O) groups is 1. The number of thiophene rings is 1. The summed E-state index contributed by atoms with van der Waals surface area (Å²) in [5.41, 5.74) is 0.285. The lowest BCUT2D eigenvalue weighted by Gasteiger charge is -2.15. The number of benzene rings is 1. The summed E-state index contributed by atoms with van der Waals surface area (Å²) < 4.78 is 40.5. The Labute approximate surface area is 207 Å². The molecule has 0 bridgehead atoms. The Balaban J connectivity index is 1.64. The summed E-state index contributed by atoms with van der Waals surface area (Å²) in [6.45, 7) is 3.62. The quantitative estimate of drug-likeness (QED) is 0.332. The zero-order valence-corrected chi connectivity index (χ0v) is 19.9. The van der Waals surface area contributed by atoms with Gasteiger partial charge in [-0.25, -0.2) is 4.98 Å². The minimum atomic E-state index is -4.49. The van der Waals surface area contributed by atoms with Crippen molar-refractivity contribution in [1.82, 2.24) is 19.9 Å². The van der Waals surface area contributed by atoms with Gasteiger partial charge in [0.25, 0.3) is 11.5 Å². The van der Waals surface area contributed by atoms with Crippen LogP contribution >= 0.6 is 11.3 Å². The van der Waals surface area contributed by atoms with Crippen molar-refractivity contribution in [2.75, 3.05) is 0 Å². The number of nitrogens with zero attached hydrogens (tertiary/aromatic N) is 3. The fraction of sp³-hybridized carbons (Fsp3) is 0.154. The largest absolute Gasteiger partial charge is 0.416 e. The molecule has 182 valence electrons. The molecule has 10 heteroatoms. The minimum Gasteiger partial charge on any atom is -0.344 e. The van der Waals surface area contributed by atoms with Gasteiger partial charge in [0.2, 0.25) is 0 Å². The lowest BCUT2D eigenvalue weighted by molar-refractivity contribution is -0.137. The molecule has 1 aromatic carbocycles. The number of fused-ring (bicyclic) bond motifs is 3. The topological polar surface area (TPSA) is 76.9 Å².